The predicted molar refractivity (Wildman–Crippen MR) is 48.1 cm³/mol. The maximum Gasteiger partial charge on any atom is 0.241 e. The zero-order chi connectivity index (χ0) is 10.6. The van der Waals surface area contributed by atoms with Crippen LogP contribution in [0.3, 0.4) is 0 Å². The summed E-state index contributed by atoms with van der Waals surface area (Å²) in [6.07, 6.45) is 0. The van der Waals surface area contributed by atoms with Gasteiger partial charge in [0, 0.05) is 0 Å². The van der Waals surface area contributed by atoms with Gasteiger partial charge in [-0.3, -0.25) is 9.59 Å². The van der Waals surface area contributed by atoms with Gasteiger partial charge in [0.15, 0.2) is 0 Å². The molecule has 1 aromatic carbocycles. The number of nitrogens with one attached hydrogen (secondary N) is 2. The molecule has 0 unspecified atom stereocenters. The first-order valence-corrected chi connectivity index (χ1v) is 3.64. The van der Waals surface area contributed by atoms with Crippen LogP contribution in [0.25, 0.3) is 0 Å². The standard InChI is InChI=1S/C8H6N2O4/c11-7(9-13)5-3-1-2-4-6(5)8(12)10-14/h1-4H,(H2-2,9,10,11,12,13,14)/q-2. The van der Waals surface area contributed by atoms with Gasteiger partial charge in [0.2, 0.25) is 11.8 Å². The zero-order valence-corrected chi connectivity index (χ0v) is 6.94. The van der Waals surface area contributed by atoms with E-state index in [4.69, 9.17) is 0 Å². The molecular formula is C8H6N2O4-2. The van der Waals surface area contributed by atoms with E-state index in [1.807, 2.05) is 0 Å². The summed E-state index contributed by atoms with van der Waals surface area (Å²) in [6.45, 7) is 0. The Morgan fingerprint density at radius 3 is 1.57 bits per heavy atom. The SMILES string of the molecule is O=C(N[O-])c1ccccc1C(=O)N[O-]. The Labute approximate surface area is 79.1 Å². The van der Waals surface area contributed by atoms with Gasteiger partial charge in [-0.15, -0.1) is 0 Å². The Bertz CT molecular complexity index is 329. The van der Waals surface area contributed by atoms with E-state index >= 15 is 0 Å². The van der Waals surface area contributed by atoms with Crippen LogP contribution in [-0.2, 0) is 0 Å². The van der Waals surface area contributed by atoms with Crippen LogP contribution in [0.2, 0.25) is 0 Å². The molecule has 0 aliphatic rings. The van der Waals surface area contributed by atoms with E-state index in [-0.39, 0.29) is 11.1 Å². The third-order valence-corrected chi connectivity index (χ3v) is 1.60. The zero-order valence-electron chi connectivity index (χ0n) is 6.94. The molecule has 2 N–H and O–H groups in total. The summed E-state index contributed by atoms with van der Waals surface area (Å²) < 4.78 is 0. The van der Waals surface area contributed by atoms with Crippen LogP contribution in [0.4, 0.5) is 0 Å². The van der Waals surface area contributed by atoms with Crippen molar-refractivity contribution in [1.29, 1.82) is 0 Å². The number of rotatable bonds is 2. The van der Waals surface area contributed by atoms with Crippen molar-refractivity contribution >= 4 is 11.8 Å². The maximum absolute atomic E-state index is 10.9. The second-order valence-electron chi connectivity index (χ2n) is 2.41. The lowest BCUT2D eigenvalue weighted by atomic mass is 10.1. The van der Waals surface area contributed by atoms with Gasteiger partial charge >= 0.3 is 0 Å². The normalized spacial score (nSPS) is 9.29. The average molecular weight is 194 g/mol. The summed E-state index contributed by atoms with van der Waals surface area (Å²) in [5.74, 6) is -1.91. The molecule has 0 spiro atoms. The molecule has 6 nitrogen and oxygen atoms in total. The van der Waals surface area contributed by atoms with E-state index in [2.05, 4.69) is 0 Å². The molecule has 0 bridgehead atoms. The van der Waals surface area contributed by atoms with Crippen molar-refractivity contribution in [1.82, 2.24) is 11.0 Å². The Kier molecular flexibility index (Phi) is 3.16. The minimum Gasteiger partial charge on any atom is -0.759 e. The average Bonchev–Trinajstić information content (AvgIpc) is 2.27. The number of hydrogen-bond acceptors (Lipinski definition) is 4. The molecule has 74 valence electrons. The molecule has 0 radical (unpaired) electrons. The van der Waals surface area contributed by atoms with Crippen molar-refractivity contribution in [3.63, 3.8) is 0 Å². The molecule has 2 amide bonds. The molecule has 0 heterocycles. The lowest BCUT2D eigenvalue weighted by Gasteiger charge is -2.13. The van der Waals surface area contributed by atoms with Crippen LogP contribution >= 0.6 is 0 Å². The second kappa shape index (κ2) is 4.35. The van der Waals surface area contributed by atoms with Gasteiger partial charge in [0.25, 0.3) is 0 Å². The quantitative estimate of drug-likeness (QED) is 0.653. The molecule has 0 fully saturated rings. The number of benzene rings is 1. The molecule has 1 aromatic rings. The minimum absolute atomic E-state index is 0.129. The van der Waals surface area contributed by atoms with Crippen LogP contribution in [-0.4, -0.2) is 11.8 Å². The number of hydroxylamine groups is 2. The highest BCUT2D eigenvalue weighted by molar-refractivity contribution is 6.07. The van der Waals surface area contributed by atoms with Crippen LogP contribution in [0.1, 0.15) is 20.7 Å². The fraction of sp³-hybridized carbons (Fsp3) is 0. The van der Waals surface area contributed by atoms with Crippen molar-refractivity contribution in [3.05, 3.63) is 45.8 Å². The third kappa shape index (κ3) is 1.87. The van der Waals surface area contributed by atoms with Crippen LogP contribution in [0.5, 0.6) is 0 Å². The number of hydrogen-bond donors (Lipinski definition) is 2. The fourth-order valence-electron chi connectivity index (χ4n) is 0.989. The number of carbonyl (C=O) groups is 2. The number of amides is 2. The van der Waals surface area contributed by atoms with Crippen molar-refractivity contribution in [3.8, 4) is 0 Å². The van der Waals surface area contributed by atoms with Crippen LogP contribution < -0.4 is 11.0 Å². The first-order chi connectivity index (χ1) is 6.70. The Hall–Kier alpha value is -1.92. The third-order valence-electron chi connectivity index (χ3n) is 1.60. The molecule has 1 rings (SSSR count). The molecular weight excluding hydrogens is 188 g/mol. The summed E-state index contributed by atoms with van der Waals surface area (Å²) in [6, 6.07) is 5.51. The van der Waals surface area contributed by atoms with E-state index < -0.39 is 11.8 Å². The van der Waals surface area contributed by atoms with E-state index in [9.17, 15) is 20.0 Å². The molecule has 0 atom stereocenters. The summed E-state index contributed by atoms with van der Waals surface area (Å²) in [5, 5.41) is 20.2. The maximum atomic E-state index is 10.9. The fourth-order valence-corrected chi connectivity index (χ4v) is 0.989. The van der Waals surface area contributed by atoms with Gasteiger partial charge in [-0.2, -0.15) is 0 Å². The first kappa shape index (κ1) is 10.2. The lowest BCUT2D eigenvalue weighted by Crippen LogP contribution is -2.23. The largest absolute Gasteiger partial charge is 0.759 e. The second-order valence-corrected chi connectivity index (χ2v) is 2.41. The van der Waals surface area contributed by atoms with Crippen molar-refractivity contribution in [2.24, 2.45) is 0 Å². The summed E-state index contributed by atoms with van der Waals surface area (Å²) in [4.78, 5) is 21.9. The summed E-state index contributed by atoms with van der Waals surface area (Å²) in [5.41, 5.74) is 2.00. The smallest absolute Gasteiger partial charge is 0.241 e. The highest BCUT2D eigenvalue weighted by Crippen LogP contribution is 2.08. The van der Waals surface area contributed by atoms with Gasteiger partial charge in [-0.1, -0.05) is 12.1 Å². The molecule has 0 aromatic heterocycles. The van der Waals surface area contributed by atoms with Gasteiger partial charge in [0.1, 0.15) is 0 Å². The van der Waals surface area contributed by atoms with Crippen molar-refractivity contribution in [2.45, 2.75) is 0 Å². The number of carbonyl (C=O) groups excluding carboxylic acids is 2. The van der Waals surface area contributed by atoms with E-state index in [0.29, 0.717) is 0 Å². The van der Waals surface area contributed by atoms with E-state index in [1.165, 1.54) is 24.3 Å². The highest BCUT2D eigenvalue weighted by atomic mass is 16.5. The van der Waals surface area contributed by atoms with Gasteiger partial charge in [-0.05, 0) is 12.1 Å². The Morgan fingerprint density at radius 2 is 1.29 bits per heavy atom. The molecule has 6 heteroatoms. The topological polar surface area (TPSA) is 104 Å². The Morgan fingerprint density at radius 1 is 0.929 bits per heavy atom. The molecule has 0 aliphatic heterocycles. The molecule has 0 aliphatic carbocycles. The monoisotopic (exact) mass is 194 g/mol. The van der Waals surface area contributed by atoms with E-state index in [0.717, 1.165) is 11.0 Å². The van der Waals surface area contributed by atoms with E-state index in [1.54, 1.807) is 0 Å². The minimum atomic E-state index is -0.954. The Balaban J connectivity index is 3.15. The van der Waals surface area contributed by atoms with Gasteiger partial charge < -0.3 is 21.4 Å². The first-order valence-electron chi connectivity index (χ1n) is 3.64. The van der Waals surface area contributed by atoms with Crippen molar-refractivity contribution in [2.75, 3.05) is 0 Å². The van der Waals surface area contributed by atoms with Crippen LogP contribution in [0, 0.1) is 10.4 Å². The van der Waals surface area contributed by atoms with Crippen molar-refractivity contribution < 1.29 is 9.59 Å². The summed E-state index contributed by atoms with van der Waals surface area (Å²) in [7, 11) is 0. The highest BCUT2D eigenvalue weighted by Gasteiger charge is 2.11. The summed E-state index contributed by atoms with van der Waals surface area (Å²) >= 11 is 0. The molecule has 14 heavy (non-hydrogen) atoms. The van der Waals surface area contributed by atoms with Gasteiger partial charge in [0.05, 0.1) is 11.1 Å². The predicted octanol–water partition coefficient (Wildman–Crippen LogP) is 0.142. The molecule has 0 saturated carbocycles. The lowest BCUT2D eigenvalue weighted by molar-refractivity contribution is 0.0936. The molecule has 0 saturated heterocycles. The van der Waals surface area contributed by atoms with Gasteiger partial charge in [-0.25, -0.2) is 0 Å². The van der Waals surface area contributed by atoms with Crippen LogP contribution in [0.15, 0.2) is 24.3 Å².